The minimum Gasteiger partial charge on any atom is -0.346 e. The average molecular weight is 438 g/mol. The SMILES string of the molecule is Cc1ncc(CNC(=O)c2cnc(CNS(=O)(=O)c3cccc(Cl)c3)cn2)s1. The number of nitrogens with zero attached hydrogens (tertiary/aromatic N) is 3. The standard InChI is InChI=1S/C17H16ClN5O3S2/c1-11-19-8-14(27-11)9-22-17(24)16-10-20-13(6-21-16)7-23-28(25,26)15-4-2-3-12(18)5-15/h2-6,8,10,23H,7,9H2,1H3,(H,22,24). The first kappa shape index (κ1) is 20.3. The quantitative estimate of drug-likeness (QED) is 0.586. The highest BCUT2D eigenvalue weighted by Crippen LogP contribution is 2.15. The Kier molecular flexibility index (Phi) is 6.35. The number of halogens is 1. The minimum absolute atomic E-state index is 0.0576. The molecule has 3 rings (SSSR count). The van der Waals surface area contributed by atoms with Crippen LogP contribution in [0, 0.1) is 6.92 Å². The summed E-state index contributed by atoms with van der Waals surface area (Å²) in [5.74, 6) is -0.371. The van der Waals surface area contributed by atoms with Crippen molar-refractivity contribution < 1.29 is 13.2 Å². The van der Waals surface area contributed by atoms with Crippen molar-refractivity contribution in [2.24, 2.45) is 0 Å². The number of nitrogens with one attached hydrogen (secondary N) is 2. The number of hydrogen-bond acceptors (Lipinski definition) is 7. The van der Waals surface area contributed by atoms with Crippen molar-refractivity contribution in [3.8, 4) is 0 Å². The van der Waals surface area contributed by atoms with E-state index in [2.05, 4.69) is 25.0 Å². The minimum atomic E-state index is -3.73. The average Bonchev–Trinajstić information content (AvgIpc) is 3.10. The Morgan fingerprint density at radius 2 is 1.96 bits per heavy atom. The highest BCUT2D eigenvalue weighted by molar-refractivity contribution is 7.89. The molecule has 2 heterocycles. The van der Waals surface area contributed by atoms with Crippen LogP contribution in [0.5, 0.6) is 0 Å². The van der Waals surface area contributed by atoms with Crippen molar-refractivity contribution in [1.82, 2.24) is 25.0 Å². The Balaban J connectivity index is 1.57. The van der Waals surface area contributed by atoms with E-state index in [-0.39, 0.29) is 23.0 Å². The Bertz CT molecular complexity index is 1080. The Hall–Kier alpha value is -2.40. The summed E-state index contributed by atoms with van der Waals surface area (Å²) in [4.78, 5) is 25.4. The number of rotatable bonds is 7. The molecule has 146 valence electrons. The molecule has 11 heteroatoms. The summed E-state index contributed by atoms with van der Waals surface area (Å²) in [6.45, 7) is 2.18. The van der Waals surface area contributed by atoms with Crippen LogP contribution in [-0.4, -0.2) is 29.3 Å². The third kappa shape index (κ3) is 5.32. The van der Waals surface area contributed by atoms with Gasteiger partial charge in [0.05, 0.1) is 41.1 Å². The van der Waals surface area contributed by atoms with Gasteiger partial charge in [0, 0.05) is 16.1 Å². The number of thiazole rings is 1. The lowest BCUT2D eigenvalue weighted by Gasteiger charge is -2.07. The zero-order chi connectivity index (χ0) is 20.1. The molecule has 0 unspecified atom stereocenters. The number of amides is 1. The van der Waals surface area contributed by atoms with Crippen LogP contribution in [0.2, 0.25) is 5.02 Å². The van der Waals surface area contributed by atoms with Crippen LogP contribution < -0.4 is 10.0 Å². The van der Waals surface area contributed by atoms with Gasteiger partial charge in [-0.05, 0) is 25.1 Å². The molecule has 0 aliphatic carbocycles. The van der Waals surface area contributed by atoms with Crippen LogP contribution in [0.15, 0.2) is 47.8 Å². The van der Waals surface area contributed by atoms with E-state index >= 15 is 0 Å². The largest absolute Gasteiger partial charge is 0.346 e. The molecule has 0 atom stereocenters. The molecule has 1 aromatic carbocycles. The van der Waals surface area contributed by atoms with Crippen LogP contribution in [0.1, 0.15) is 26.1 Å². The second kappa shape index (κ2) is 8.74. The van der Waals surface area contributed by atoms with Gasteiger partial charge in [0.15, 0.2) is 0 Å². The fraction of sp³-hybridized carbons (Fsp3) is 0.176. The maximum atomic E-state index is 12.3. The molecule has 0 aliphatic rings. The summed E-state index contributed by atoms with van der Waals surface area (Å²) in [6, 6.07) is 5.94. The molecule has 8 nitrogen and oxygen atoms in total. The number of sulfonamides is 1. The Labute approximate surface area is 171 Å². The van der Waals surface area contributed by atoms with Gasteiger partial charge in [-0.1, -0.05) is 17.7 Å². The van der Waals surface area contributed by atoms with Crippen molar-refractivity contribution in [3.05, 3.63) is 69.2 Å². The summed E-state index contributed by atoms with van der Waals surface area (Å²) in [7, 11) is -3.73. The van der Waals surface area contributed by atoms with Crippen molar-refractivity contribution in [1.29, 1.82) is 0 Å². The maximum absolute atomic E-state index is 12.3. The molecule has 0 aliphatic heterocycles. The lowest BCUT2D eigenvalue weighted by molar-refractivity contribution is 0.0946. The van der Waals surface area contributed by atoms with Gasteiger partial charge in [0.25, 0.3) is 5.91 Å². The molecule has 1 amide bonds. The topological polar surface area (TPSA) is 114 Å². The molecule has 2 aromatic heterocycles. The van der Waals surface area contributed by atoms with Crippen molar-refractivity contribution >= 4 is 38.9 Å². The van der Waals surface area contributed by atoms with Crippen LogP contribution in [0.25, 0.3) is 0 Å². The first-order valence-corrected chi connectivity index (χ1v) is 10.8. The maximum Gasteiger partial charge on any atom is 0.271 e. The van der Waals surface area contributed by atoms with E-state index in [0.717, 1.165) is 9.88 Å². The molecule has 0 saturated carbocycles. The second-order valence-corrected chi connectivity index (χ2v) is 9.23. The summed E-state index contributed by atoms with van der Waals surface area (Å²) in [5.41, 5.74) is 0.517. The Morgan fingerprint density at radius 3 is 2.61 bits per heavy atom. The second-order valence-electron chi connectivity index (χ2n) is 5.70. The number of benzene rings is 1. The van der Waals surface area contributed by atoms with Crippen LogP contribution in [0.3, 0.4) is 0 Å². The fourth-order valence-corrected chi connectivity index (χ4v) is 4.23. The lowest BCUT2D eigenvalue weighted by atomic mass is 10.4. The highest BCUT2D eigenvalue weighted by atomic mass is 35.5. The number of aromatic nitrogens is 3. The molecule has 3 aromatic rings. The molecule has 0 radical (unpaired) electrons. The van der Waals surface area contributed by atoms with E-state index in [1.54, 1.807) is 18.3 Å². The molecular weight excluding hydrogens is 422 g/mol. The summed E-state index contributed by atoms with van der Waals surface area (Å²) in [6.07, 6.45) is 4.36. The zero-order valence-electron chi connectivity index (χ0n) is 14.7. The predicted octanol–water partition coefficient (Wildman–Crippen LogP) is 2.30. The first-order chi connectivity index (χ1) is 13.3. The summed E-state index contributed by atoms with van der Waals surface area (Å²) in [5, 5.41) is 3.99. The van der Waals surface area contributed by atoms with Crippen molar-refractivity contribution in [2.75, 3.05) is 0 Å². The third-order valence-corrected chi connectivity index (χ3v) is 6.13. The predicted molar refractivity (Wildman–Crippen MR) is 106 cm³/mol. The first-order valence-electron chi connectivity index (χ1n) is 8.09. The van der Waals surface area contributed by atoms with E-state index < -0.39 is 10.0 Å². The fourth-order valence-electron chi connectivity index (χ4n) is 2.19. The van der Waals surface area contributed by atoms with Crippen LogP contribution in [-0.2, 0) is 23.1 Å². The van der Waals surface area contributed by atoms with Gasteiger partial charge in [0.1, 0.15) is 5.69 Å². The van der Waals surface area contributed by atoms with Gasteiger partial charge in [0.2, 0.25) is 10.0 Å². The number of carbonyl (C=O) groups excluding carboxylic acids is 1. The van der Waals surface area contributed by atoms with Gasteiger partial charge in [-0.2, -0.15) is 0 Å². The highest BCUT2D eigenvalue weighted by Gasteiger charge is 2.15. The number of aryl methyl sites for hydroxylation is 1. The number of carbonyl (C=O) groups is 1. The molecule has 0 saturated heterocycles. The van der Waals surface area contributed by atoms with Gasteiger partial charge < -0.3 is 5.32 Å². The molecule has 0 spiro atoms. The van der Waals surface area contributed by atoms with Gasteiger partial charge >= 0.3 is 0 Å². The van der Waals surface area contributed by atoms with Gasteiger partial charge in [-0.3, -0.25) is 9.78 Å². The van der Waals surface area contributed by atoms with Crippen molar-refractivity contribution in [2.45, 2.75) is 24.9 Å². The number of hydrogen-bond donors (Lipinski definition) is 2. The smallest absolute Gasteiger partial charge is 0.271 e. The van der Waals surface area contributed by atoms with E-state index in [4.69, 9.17) is 11.6 Å². The van der Waals surface area contributed by atoms with Gasteiger partial charge in [-0.15, -0.1) is 11.3 Å². The lowest BCUT2D eigenvalue weighted by Crippen LogP contribution is -2.25. The molecule has 0 fully saturated rings. The Morgan fingerprint density at radius 1 is 1.14 bits per heavy atom. The molecule has 2 N–H and O–H groups in total. The summed E-state index contributed by atoms with van der Waals surface area (Å²) >= 11 is 7.33. The van der Waals surface area contributed by atoms with E-state index in [0.29, 0.717) is 17.3 Å². The van der Waals surface area contributed by atoms with E-state index in [1.165, 1.54) is 35.9 Å². The van der Waals surface area contributed by atoms with Crippen LogP contribution >= 0.6 is 22.9 Å². The third-order valence-electron chi connectivity index (χ3n) is 3.58. The monoisotopic (exact) mass is 437 g/mol. The van der Waals surface area contributed by atoms with E-state index in [1.807, 2.05) is 6.92 Å². The molecular formula is C17H16ClN5O3S2. The van der Waals surface area contributed by atoms with Gasteiger partial charge in [-0.25, -0.2) is 23.1 Å². The molecule has 0 bridgehead atoms. The normalized spacial score (nSPS) is 11.4. The van der Waals surface area contributed by atoms with Crippen molar-refractivity contribution in [3.63, 3.8) is 0 Å². The summed E-state index contributed by atoms with van der Waals surface area (Å²) < 4.78 is 27.0. The molecule has 28 heavy (non-hydrogen) atoms. The van der Waals surface area contributed by atoms with E-state index in [9.17, 15) is 13.2 Å². The van der Waals surface area contributed by atoms with Crippen LogP contribution in [0.4, 0.5) is 0 Å². The zero-order valence-corrected chi connectivity index (χ0v) is 17.1.